The van der Waals surface area contributed by atoms with E-state index in [1.807, 2.05) is 30.3 Å². The number of aliphatic hydroxyl groups is 1. The monoisotopic (exact) mass is 547 g/mol. The summed E-state index contributed by atoms with van der Waals surface area (Å²) >= 11 is 0. The van der Waals surface area contributed by atoms with Crippen LogP contribution in [0.1, 0.15) is 27.1 Å². The molecule has 0 radical (unpaired) electrons. The first kappa shape index (κ1) is 28.8. The molecule has 40 heavy (non-hydrogen) atoms. The van der Waals surface area contributed by atoms with Gasteiger partial charge < -0.3 is 34.7 Å². The van der Waals surface area contributed by atoms with Gasteiger partial charge in [-0.3, -0.25) is 9.79 Å². The number of benzene rings is 3. The van der Waals surface area contributed by atoms with Crippen LogP contribution in [-0.4, -0.2) is 75.8 Å². The number of ether oxygens (including phenoxy) is 2. The van der Waals surface area contributed by atoms with E-state index in [2.05, 4.69) is 15.6 Å². The first-order chi connectivity index (χ1) is 19.4. The van der Waals surface area contributed by atoms with Crippen molar-refractivity contribution < 1.29 is 33.7 Å². The molecular formula is C30H33N3O7. The number of anilines is 1. The van der Waals surface area contributed by atoms with E-state index in [4.69, 9.17) is 13.9 Å². The topological polar surface area (TPSA) is 143 Å². The van der Waals surface area contributed by atoms with Gasteiger partial charge in [0.25, 0.3) is 5.91 Å². The molecule has 4 rings (SSSR count). The molecule has 1 atom stereocenters. The van der Waals surface area contributed by atoms with E-state index >= 15 is 0 Å². The number of carboxylic acids is 1. The fourth-order valence-electron chi connectivity index (χ4n) is 4.48. The van der Waals surface area contributed by atoms with Gasteiger partial charge in [0, 0.05) is 74.3 Å². The molecular weight excluding hydrogens is 514 g/mol. The number of hydrogen-bond acceptors (Lipinski definition) is 8. The summed E-state index contributed by atoms with van der Waals surface area (Å²) in [5.41, 5.74) is 3.54. The number of carbonyl (C=O) groups excluding carboxylic acids is 1. The maximum atomic E-state index is 13.0. The molecule has 1 aliphatic carbocycles. The van der Waals surface area contributed by atoms with E-state index in [-0.39, 0.29) is 24.7 Å². The normalized spacial score (nSPS) is 12.6. The number of aliphatic hydroxyl groups excluding tert-OH is 1. The molecule has 2 aromatic carbocycles. The van der Waals surface area contributed by atoms with Gasteiger partial charge in [-0.15, -0.1) is 0 Å². The highest BCUT2D eigenvalue weighted by Crippen LogP contribution is 2.42. The summed E-state index contributed by atoms with van der Waals surface area (Å²) in [4.78, 5) is 29.6. The summed E-state index contributed by atoms with van der Waals surface area (Å²) in [5.74, 6) is -0.902. The Bertz CT molecular complexity index is 1550. The second-order valence-electron chi connectivity index (χ2n) is 9.20. The Morgan fingerprint density at radius 1 is 1.05 bits per heavy atom. The zero-order chi connectivity index (χ0) is 28.6. The quantitative estimate of drug-likeness (QED) is 0.156. The Kier molecular flexibility index (Phi) is 9.49. The van der Waals surface area contributed by atoms with Crippen molar-refractivity contribution in [3.05, 3.63) is 71.1 Å². The highest BCUT2D eigenvalue weighted by atomic mass is 16.5. The van der Waals surface area contributed by atoms with Crippen LogP contribution in [0.15, 0.2) is 64.0 Å². The molecule has 2 aromatic rings. The molecule has 1 unspecified atom stereocenters. The molecule has 210 valence electrons. The highest BCUT2D eigenvalue weighted by Gasteiger charge is 2.23. The number of nitrogens with one attached hydrogen (secondary N) is 2. The van der Waals surface area contributed by atoms with Gasteiger partial charge in [-0.2, -0.15) is 0 Å². The maximum absolute atomic E-state index is 13.0. The first-order valence-corrected chi connectivity index (χ1v) is 12.9. The number of hydrogen-bond donors (Lipinski definition) is 4. The van der Waals surface area contributed by atoms with E-state index in [0.29, 0.717) is 58.6 Å². The maximum Gasteiger partial charge on any atom is 0.336 e. The summed E-state index contributed by atoms with van der Waals surface area (Å²) in [6, 6.07) is 15.7. The van der Waals surface area contributed by atoms with Gasteiger partial charge in [0.2, 0.25) is 0 Å². The molecule has 0 fully saturated rings. The third kappa shape index (κ3) is 6.48. The van der Waals surface area contributed by atoms with Crippen LogP contribution in [0.4, 0.5) is 5.69 Å². The van der Waals surface area contributed by atoms with Crippen molar-refractivity contribution in [2.24, 2.45) is 4.99 Å². The summed E-state index contributed by atoms with van der Waals surface area (Å²) in [6.45, 7) is 1.05. The Hall–Kier alpha value is -4.25. The Labute approximate surface area is 231 Å². The lowest BCUT2D eigenvalue weighted by atomic mass is 9.89. The first-order valence-electron chi connectivity index (χ1n) is 12.9. The molecule has 0 saturated carbocycles. The average molecular weight is 548 g/mol. The smallest absolute Gasteiger partial charge is 0.336 e. The number of nitrogens with zero attached hydrogens (tertiary/aromatic N) is 1. The lowest BCUT2D eigenvalue weighted by Gasteiger charge is -2.18. The van der Waals surface area contributed by atoms with Crippen molar-refractivity contribution in [3.8, 4) is 22.5 Å². The Balaban J connectivity index is 1.69. The second kappa shape index (κ2) is 13.2. The van der Waals surface area contributed by atoms with Crippen molar-refractivity contribution >= 4 is 28.5 Å². The van der Waals surface area contributed by atoms with Crippen molar-refractivity contribution in [3.63, 3.8) is 0 Å². The zero-order valence-electron chi connectivity index (χ0n) is 22.7. The molecule has 1 amide bonds. The summed E-state index contributed by atoms with van der Waals surface area (Å²) in [6.07, 6.45) is -0.156. The van der Waals surface area contributed by atoms with Crippen LogP contribution < -0.4 is 16.0 Å². The van der Waals surface area contributed by atoms with E-state index in [0.717, 1.165) is 11.0 Å². The number of methoxy groups -OCH3 is 1. The van der Waals surface area contributed by atoms with Gasteiger partial charge >= 0.3 is 5.97 Å². The third-order valence-corrected chi connectivity index (χ3v) is 6.45. The molecule has 1 aliphatic heterocycles. The van der Waals surface area contributed by atoms with Crippen LogP contribution in [-0.2, 0) is 9.47 Å². The molecule has 0 spiro atoms. The largest absolute Gasteiger partial charge is 0.478 e. The fourth-order valence-corrected chi connectivity index (χ4v) is 4.48. The summed E-state index contributed by atoms with van der Waals surface area (Å²) in [5, 5.41) is 27.1. The minimum absolute atomic E-state index is 0.0651. The molecule has 0 saturated heterocycles. The fraction of sp³-hybridized carbons (Fsp3) is 0.300. The van der Waals surface area contributed by atoms with E-state index < -0.39 is 12.1 Å². The van der Waals surface area contributed by atoms with Crippen LogP contribution in [0.2, 0.25) is 0 Å². The van der Waals surface area contributed by atoms with Crippen molar-refractivity contribution in [1.82, 2.24) is 5.32 Å². The standard InChI is InChI=1S/C30H33N3O7/c1-31-19-6-9-23-26(14-19)40-27-15-20(32-2)7-10-24(27)28(23)25-13-18(5-8-22(25)30(36)37)29(35)33-11-4-12-39-17-21(34)16-38-3/h5-10,13-15,21,31,34H,4,11-12,16-17H2,1-3H3,(H,33,35)(H,36,37). The van der Waals surface area contributed by atoms with E-state index in [1.165, 1.54) is 19.2 Å². The molecule has 10 nitrogen and oxygen atoms in total. The van der Waals surface area contributed by atoms with E-state index in [9.17, 15) is 19.8 Å². The Morgan fingerprint density at radius 2 is 1.88 bits per heavy atom. The number of amides is 1. The lowest BCUT2D eigenvalue weighted by Crippen LogP contribution is -2.26. The van der Waals surface area contributed by atoms with Crippen molar-refractivity contribution in [1.29, 1.82) is 0 Å². The van der Waals surface area contributed by atoms with Gasteiger partial charge in [0.05, 0.1) is 24.1 Å². The Morgan fingerprint density at radius 3 is 2.60 bits per heavy atom. The third-order valence-electron chi connectivity index (χ3n) is 6.45. The van der Waals surface area contributed by atoms with Gasteiger partial charge in [-0.05, 0) is 54.4 Å². The SMILES string of the molecule is CN=c1ccc2c(-c3cc(C(=O)NCCCOCC(O)COC)ccc3C(=O)O)c3ccc(NC)cc3oc-2c1. The van der Waals surface area contributed by atoms with Crippen LogP contribution in [0.25, 0.3) is 33.4 Å². The zero-order valence-corrected chi connectivity index (χ0v) is 22.7. The van der Waals surface area contributed by atoms with Gasteiger partial charge in [-0.1, -0.05) is 0 Å². The number of carboxylic acid groups (broad SMARTS) is 1. The van der Waals surface area contributed by atoms with Crippen LogP contribution in [0.3, 0.4) is 0 Å². The van der Waals surface area contributed by atoms with E-state index in [1.54, 1.807) is 26.2 Å². The molecule has 1 heterocycles. The summed E-state index contributed by atoms with van der Waals surface area (Å²) < 4.78 is 16.5. The summed E-state index contributed by atoms with van der Waals surface area (Å²) in [7, 11) is 4.99. The predicted molar refractivity (Wildman–Crippen MR) is 152 cm³/mol. The highest BCUT2D eigenvalue weighted by molar-refractivity contribution is 6.09. The van der Waals surface area contributed by atoms with Gasteiger partial charge in [0.1, 0.15) is 17.4 Å². The van der Waals surface area contributed by atoms with Crippen molar-refractivity contribution in [2.75, 3.05) is 52.9 Å². The lowest BCUT2D eigenvalue weighted by molar-refractivity contribution is -0.00639. The van der Waals surface area contributed by atoms with Gasteiger partial charge in [-0.25, -0.2) is 4.79 Å². The molecule has 4 N–H and O–H groups in total. The minimum atomic E-state index is -1.11. The van der Waals surface area contributed by atoms with Crippen LogP contribution >= 0.6 is 0 Å². The van der Waals surface area contributed by atoms with Crippen molar-refractivity contribution in [2.45, 2.75) is 12.5 Å². The number of carbonyl (C=O) groups is 2. The average Bonchev–Trinajstić information content (AvgIpc) is 2.96. The minimum Gasteiger partial charge on any atom is -0.478 e. The molecule has 0 bridgehead atoms. The number of aromatic carboxylic acids is 1. The number of fused-ring (bicyclic) bond motifs is 2. The molecule has 10 heteroatoms. The van der Waals surface area contributed by atoms with Gasteiger partial charge in [0.15, 0.2) is 0 Å². The predicted octanol–water partition coefficient (Wildman–Crippen LogP) is 3.62. The van der Waals surface area contributed by atoms with Crippen LogP contribution in [0, 0.1) is 0 Å². The molecule has 2 aliphatic rings. The number of rotatable bonds is 12. The molecule has 0 aromatic heterocycles. The van der Waals surface area contributed by atoms with Crippen LogP contribution in [0.5, 0.6) is 0 Å². The second-order valence-corrected chi connectivity index (χ2v) is 9.20.